The van der Waals surface area contributed by atoms with E-state index in [0.29, 0.717) is 41.4 Å². The van der Waals surface area contributed by atoms with Gasteiger partial charge < -0.3 is 15.1 Å². The van der Waals surface area contributed by atoms with E-state index in [1.807, 2.05) is 6.92 Å². The molecular weight excluding hydrogens is 428 g/mol. The summed E-state index contributed by atoms with van der Waals surface area (Å²) in [5, 5.41) is 7.94. The highest BCUT2D eigenvalue weighted by atomic mass is 32.2. The maximum Gasteiger partial charge on any atom is 0.318 e. The average molecular weight is 457 g/mol. The molecule has 3 aromatic rings. The molecule has 0 spiro atoms. The maximum absolute atomic E-state index is 12.4. The molecule has 0 saturated carbocycles. The van der Waals surface area contributed by atoms with Crippen molar-refractivity contribution in [2.75, 3.05) is 24.5 Å². The molecule has 0 radical (unpaired) electrons. The SMILES string of the molecule is Cc1ncc(-c2ccc(S(=O)(=O)C(C)C)cc2)nc1-c1nnc(N2CCCC(CN)C2)o1. The first-order chi connectivity index (χ1) is 15.3. The van der Waals surface area contributed by atoms with E-state index in [4.69, 9.17) is 10.2 Å². The molecular formula is C22H28N6O3S. The number of aromatic nitrogens is 4. The third-order valence-corrected chi connectivity index (χ3v) is 7.96. The fourth-order valence-corrected chi connectivity index (χ4v) is 4.81. The Morgan fingerprint density at radius 1 is 1.22 bits per heavy atom. The summed E-state index contributed by atoms with van der Waals surface area (Å²) in [7, 11) is -3.33. The van der Waals surface area contributed by atoms with Crippen molar-refractivity contribution in [2.24, 2.45) is 11.7 Å². The van der Waals surface area contributed by atoms with E-state index < -0.39 is 15.1 Å². The lowest BCUT2D eigenvalue weighted by molar-refractivity contribution is 0.400. The Bertz CT molecular complexity index is 1190. The second-order valence-electron chi connectivity index (χ2n) is 8.39. The Labute approximate surface area is 188 Å². The Hall–Kier alpha value is -2.85. The van der Waals surface area contributed by atoms with Crippen molar-refractivity contribution in [1.29, 1.82) is 0 Å². The van der Waals surface area contributed by atoms with Crippen LogP contribution in [-0.2, 0) is 9.84 Å². The average Bonchev–Trinajstić information content (AvgIpc) is 3.29. The zero-order valence-corrected chi connectivity index (χ0v) is 19.3. The van der Waals surface area contributed by atoms with E-state index in [2.05, 4.69) is 25.1 Å². The Morgan fingerprint density at radius 2 is 1.97 bits per heavy atom. The summed E-state index contributed by atoms with van der Waals surface area (Å²) < 4.78 is 30.7. The van der Waals surface area contributed by atoms with Crippen LogP contribution in [0.15, 0.2) is 39.8 Å². The number of aryl methyl sites for hydroxylation is 1. The third-order valence-electron chi connectivity index (χ3n) is 5.79. The lowest BCUT2D eigenvalue weighted by Gasteiger charge is -2.30. The van der Waals surface area contributed by atoms with Crippen LogP contribution in [0.4, 0.5) is 6.01 Å². The van der Waals surface area contributed by atoms with Crippen LogP contribution < -0.4 is 10.6 Å². The van der Waals surface area contributed by atoms with Crippen LogP contribution in [-0.4, -0.2) is 53.5 Å². The number of sulfone groups is 1. The van der Waals surface area contributed by atoms with Crippen LogP contribution in [0, 0.1) is 12.8 Å². The quantitative estimate of drug-likeness (QED) is 0.595. The van der Waals surface area contributed by atoms with Crippen molar-refractivity contribution in [3.05, 3.63) is 36.2 Å². The molecule has 1 saturated heterocycles. The van der Waals surface area contributed by atoms with Gasteiger partial charge in [0.25, 0.3) is 5.89 Å². The van der Waals surface area contributed by atoms with E-state index in [0.717, 1.165) is 31.5 Å². The maximum atomic E-state index is 12.4. The highest BCUT2D eigenvalue weighted by Crippen LogP contribution is 2.28. The summed E-state index contributed by atoms with van der Waals surface area (Å²) in [6.07, 6.45) is 3.80. The highest BCUT2D eigenvalue weighted by molar-refractivity contribution is 7.92. The predicted octanol–water partition coefficient (Wildman–Crippen LogP) is 2.86. The fraction of sp³-hybridized carbons (Fsp3) is 0.455. The van der Waals surface area contributed by atoms with Crippen molar-refractivity contribution in [1.82, 2.24) is 20.2 Å². The minimum absolute atomic E-state index is 0.287. The van der Waals surface area contributed by atoms with Crippen molar-refractivity contribution in [2.45, 2.75) is 43.8 Å². The number of hydrogen-bond donors (Lipinski definition) is 1. The molecule has 10 heteroatoms. The Kier molecular flexibility index (Phi) is 6.25. The second-order valence-corrected chi connectivity index (χ2v) is 10.9. The van der Waals surface area contributed by atoms with Crippen molar-refractivity contribution >= 4 is 15.9 Å². The Balaban J connectivity index is 1.61. The van der Waals surface area contributed by atoms with Gasteiger partial charge in [0.15, 0.2) is 9.84 Å². The van der Waals surface area contributed by atoms with Gasteiger partial charge in [0.1, 0.15) is 5.69 Å². The predicted molar refractivity (Wildman–Crippen MR) is 122 cm³/mol. The fourth-order valence-electron chi connectivity index (χ4n) is 3.75. The van der Waals surface area contributed by atoms with Gasteiger partial charge in [0.2, 0.25) is 0 Å². The van der Waals surface area contributed by atoms with Crippen molar-refractivity contribution < 1.29 is 12.8 Å². The first-order valence-corrected chi connectivity index (χ1v) is 12.3. The zero-order valence-electron chi connectivity index (χ0n) is 18.5. The standard InChI is InChI=1S/C22H28N6O3S/c1-14(2)32(29,30)18-8-6-17(7-9-18)19-12-24-15(3)20(25-19)21-26-27-22(31-21)28-10-4-5-16(11-23)13-28/h6-9,12,14,16H,4-5,10-11,13,23H2,1-3H3. The molecule has 3 heterocycles. The molecule has 2 aromatic heterocycles. The first-order valence-electron chi connectivity index (χ1n) is 10.8. The molecule has 1 aromatic carbocycles. The summed E-state index contributed by atoms with van der Waals surface area (Å²) in [5.41, 5.74) is 8.36. The van der Waals surface area contributed by atoms with Crippen LogP contribution in [0.2, 0.25) is 0 Å². The molecule has 0 amide bonds. The molecule has 1 fully saturated rings. The molecule has 32 heavy (non-hydrogen) atoms. The summed E-state index contributed by atoms with van der Waals surface area (Å²) in [6, 6.07) is 7.13. The van der Waals surface area contributed by atoms with Gasteiger partial charge in [-0.2, -0.15) is 0 Å². The van der Waals surface area contributed by atoms with Crippen LogP contribution in [0.3, 0.4) is 0 Å². The van der Waals surface area contributed by atoms with Gasteiger partial charge in [-0.1, -0.05) is 17.2 Å². The van der Waals surface area contributed by atoms with E-state index >= 15 is 0 Å². The number of piperidine rings is 1. The first kappa shape index (κ1) is 22.3. The van der Waals surface area contributed by atoms with Crippen LogP contribution in [0.25, 0.3) is 22.8 Å². The van der Waals surface area contributed by atoms with Crippen molar-refractivity contribution in [3.8, 4) is 22.8 Å². The molecule has 170 valence electrons. The lowest BCUT2D eigenvalue weighted by Crippen LogP contribution is -2.38. The van der Waals surface area contributed by atoms with Gasteiger partial charge in [-0.05, 0) is 58.2 Å². The number of anilines is 1. The van der Waals surface area contributed by atoms with Crippen LogP contribution >= 0.6 is 0 Å². The normalized spacial score (nSPS) is 17.2. The number of nitrogens with two attached hydrogens (primary N) is 1. The molecule has 1 unspecified atom stereocenters. The van der Waals surface area contributed by atoms with Gasteiger partial charge in [-0.25, -0.2) is 13.4 Å². The van der Waals surface area contributed by atoms with E-state index in [1.54, 1.807) is 44.3 Å². The van der Waals surface area contributed by atoms with Gasteiger partial charge in [0.05, 0.1) is 27.7 Å². The van der Waals surface area contributed by atoms with E-state index in [1.165, 1.54) is 0 Å². The molecule has 9 nitrogen and oxygen atoms in total. The van der Waals surface area contributed by atoms with Crippen molar-refractivity contribution in [3.63, 3.8) is 0 Å². The lowest BCUT2D eigenvalue weighted by atomic mass is 9.99. The molecule has 1 aliphatic heterocycles. The summed E-state index contributed by atoms with van der Waals surface area (Å²) in [5.74, 6) is 0.729. The second kappa shape index (κ2) is 8.95. The minimum atomic E-state index is -3.33. The summed E-state index contributed by atoms with van der Waals surface area (Å²) >= 11 is 0. The van der Waals surface area contributed by atoms with E-state index in [9.17, 15) is 8.42 Å². The highest BCUT2D eigenvalue weighted by Gasteiger charge is 2.24. The molecule has 1 aliphatic rings. The van der Waals surface area contributed by atoms with Gasteiger partial charge in [0, 0.05) is 18.7 Å². The monoisotopic (exact) mass is 456 g/mol. The van der Waals surface area contributed by atoms with Crippen LogP contribution in [0.1, 0.15) is 32.4 Å². The molecule has 2 N–H and O–H groups in total. The largest absolute Gasteiger partial charge is 0.401 e. The number of rotatable bonds is 6. The molecule has 4 rings (SSSR count). The summed E-state index contributed by atoms with van der Waals surface area (Å²) in [4.78, 5) is 11.5. The van der Waals surface area contributed by atoms with E-state index in [-0.39, 0.29) is 4.90 Å². The molecule has 1 atom stereocenters. The molecule has 0 aliphatic carbocycles. The third kappa shape index (κ3) is 4.37. The minimum Gasteiger partial charge on any atom is -0.401 e. The number of hydrogen-bond acceptors (Lipinski definition) is 9. The van der Waals surface area contributed by atoms with Gasteiger partial charge in [-0.3, -0.25) is 4.98 Å². The van der Waals surface area contributed by atoms with Gasteiger partial charge in [-0.15, -0.1) is 5.10 Å². The zero-order chi connectivity index (χ0) is 22.9. The Morgan fingerprint density at radius 3 is 2.66 bits per heavy atom. The topological polar surface area (TPSA) is 128 Å². The molecule has 0 bridgehead atoms. The van der Waals surface area contributed by atoms with Crippen LogP contribution in [0.5, 0.6) is 0 Å². The number of nitrogens with zero attached hydrogens (tertiary/aromatic N) is 5. The van der Waals surface area contributed by atoms with Gasteiger partial charge >= 0.3 is 6.01 Å². The smallest absolute Gasteiger partial charge is 0.318 e. The summed E-state index contributed by atoms with van der Waals surface area (Å²) in [6.45, 7) is 7.46. The number of benzene rings is 1.